The Morgan fingerprint density at radius 3 is 2.54 bits per heavy atom. The van der Waals surface area contributed by atoms with E-state index in [-0.39, 0.29) is 55.4 Å². The van der Waals surface area contributed by atoms with Gasteiger partial charge in [0.15, 0.2) is 5.76 Å². The van der Waals surface area contributed by atoms with E-state index in [1.165, 1.54) is 6.26 Å². The van der Waals surface area contributed by atoms with Crippen molar-refractivity contribution in [3.8, 4) is 0 Å². The smallest absolute Gasteiger partial charge is 0.318 e. The highest BCUT2D eigenvalue weighted by molar-refractivity contribution is 6.35. The quantitative estimate of drug-likeness (QED) is 0.417. The van der Waals surface area contributed by atoms with Gasteiger partial charge in [-0.15, -0.1) is 0 Å². The topological polar surface area (TPSA) is 100 Å². The zero-order chi connectivity index (χ0) is 29.1. The van der Waals surface area contributed by atoms with Crippen LogP contribution < -0.4 is 0 Å². The van der Waals surface area contributed by atoms with Gasteiger partial charge in [-0.3, -0.25) is 19.2 Å². The maximum atomic E-state index is 14.0. The average Bonchev–Trinajstić information content (AvgIpc) is 3.51. The number of ether oxygens (including phenoxy) is 1. The van der Waals surface area contributed by atoms with Crippen molar-refractivity contribution in [3.05, 3.63) is 69.7 Å². The van der Waals surface area contributed by atoms with E-state index in [2.05, 4.69) is 0 Å². The molecule has 3 amide bonds. The van der Waals surface area contributed by atoms with Gasteiger partial charge < -0.3 is 23.9 Å². The van der Waals surface area contributed by atoms with Crippen molar-refractivity contribution in [2.24, 2.45) is 11.3 Å². The number of amides is 3. The van der Waals surface area contributed by atoms with Crippen molar-refractivity contribution in [1.29, 1.82) is 0 Å². The number of carbonyl (C=O) groups excluding carboxylic acids is 4. The molecule has 5 rings (SSSR count). The molecule has 1 aliphatic carbocycles. The Bertz CT molecular complexity index is 1350. The molecule has 1 aromatic heterocycles. The standard InChI is InChI=1S/C30H33Cl2N3O6/c1-2-40-29(39)30-10-4-3-7-25(30)35(19-20-8-9-22(31)17-23(20)32)27(37)21(18-30)16-26(36)33-11-13-34(14-12-33)28(38)24-6-5-15-41-24/h5-9,15,17,21H,2-4,10-14,16,18-19H2,1H3/t21-,30+/m1/s1. The monoisotopic (exact) mass is 601 g/mol. The molecular formula is C30H33Cl2N3O6. The number of rotatable bonds is 7. The van der Waals surface area contributed by atoms with Gasteiger partial charge in [0, 0.05) is 54.3 Å². The Kier molecular flexibility index (Phi) is 8.75. The van der Waals surface area contributed by atoms with Gasteiger partial charge in [0.05, 0.1) is 19.4 Å². The molecule has 1 aromatic carbocycles. The van der Waals surface area contributed by atoms with Crippen LogP contribution in [-0.4, -0.2) is 71.2 Å². The lowest BCUT2D eigenvalue weighted by Gasteiger charge is -2.48. The van der Waals surface area contributed by atoms with E-state index in [0.717, 1.165) is 12.8 Å². The number of piperazine rings is 1. The van der Waals surface area contributed by atoms with Crippen LogP contribution in [0.4, 0.5) is 0 Å². The summed E-state index contributed by atoms with van der Waals surface area (Å²) < 4.78 is 10.8. The lowest BCUT2D eigenvalue weighted by molar-refractivity contribution is -0.163. The molecule has 3 heterocycles. The second-order valence-electron chi connectivity index (χ2n) is 10.7. The van der Waals surface area contributed by atoms with Crippen LogP contribution in [0.25, 0.3) is 0 Å². The number of benzene rings is 1. The average molecular weight is 603 g/mol. The minimum absolute atomic E-state index is 0.0375. The molecule has 0 saturated carbocycles. The van der Waals surface area contributed by atoms with Crippen LogP contribution in [0.1, 0.15) is 55.1 Å². The van der Waals surface area contributed by atoms with Crippen LogP contribution >= 0.6 is 23.2 Å². The number of esters is 1. The molecule has 0 unspecified atom stereocenters. The number of carbonyl (C=O) groups is 4. The summed E-state index contributed by atoms with van der Waals surface area (Å²) in [6.07, 6.45) is 5.63. The molecule has 0 spiro atoms. The van der Waals surface area contributed by atoms with Crippen LogP contribution in [0.2, 0.25) is 10.0 Å². The Hall–Kier alpha value is -3.30. The second kappa shape index (κ2) is 12.3. The van der Waals surface area contributed by atoms with Crippen molar-refractivity contribution in [2.45, 2.75) is 45.6 Å². The molecule has 2 aromatic rings. The third-order valence-electron chi connectivity index (χ3n) is 8.22. The Labute approximate surface area is 249 Å². The van der Waals surface area contributed by atoms with E-state index in [1.807, 2.05) is 6.08 Å². The van der Waals surface area contributed by atoms with Crippen LogP contribution in [0, 0.1) is 11.3 Å². The summed E-state index contributed by atoms with van der Waals surface area (Å²) in [5, 5.41) is 0.902. The lowest BCUT2D eigenvalue weighted by atomic mass is 9.66. The Balaban J connectivity index is 1.36. The third-order valence-corrected chi connectivity index (χ3v) is 8.81. The highest BCUT2D eigenvalue weighted by Gasteiger charge is 2.54. The zero-order valence-electron chi connectivity index (χ0n) is 22.9. The van der Waals surface area contributed by atoms with Crippen molar-refractivity contribution >= 4 is 46.9 Å². The number of fused-ring (bicyclic) bond motifs is 1. The predicted octanol–water partition coefficient (Wildman–Crippen LogP) is 4.93. The normalized spacial score (nSPS) is 22.7. The SMILES string of the molecule is CCOC(=O)[C@]12CCCC=C1N(Cc1ccc(Cl)cc1Cl)C(=O)[C@H](CC(=O)N1CCN(C(=O)c3ccco3)CC1)C2. The molecule has 0 N–H and O–H groups in total. The molecule has 2 atom stereocenters. The first-order chi connectivity index (χ1) is 19.7. The van der Waals surface area contributed by atoms with Crippen LogP contribution in [-0.2, 0) is 25.7 Å². The molecule has 9 nitrogen and oxygen atoms in total. The number of allylic oxidation sites excluding steroid dienone is 1. The fraction of sp³-hybridized carbons (Fsp3) is 0.467. The van der Waals surface area contributed by atoms with E-state index < -0.39 is 11.3 Å². The Morgan fingerprint density at radius 1 is 1.10 bits per heavy atom. The first-order valence-corrected chi connectivity index (χ1v) is 14.7. The third kappa shape index (κ3) is 5.88. The number of piperidine rings is 1. The van der Waals surface area contributed by atoms with E-state index >= 15 is 0 Å². The lowest BCUT2D eigenvalue weighted by Crippen LogP contribution is -2.55. The molecular weight excluding hydrogens is 569 g/mol. The van der Waals surface area contributed by atoms with Crippen molar-refractivity contribution in [1.82, 2.24) is 14.7 Å². The number of hydrogen-bond donors (Lipinski definition) is 0. The first-order valence-electron chi connectivity index (χ1n) is 14.0. The largest absolute Gasteiger partial charge is 0.465 e. The zero-order valence-corrected chi connectivity index (χ0v) is 24.5. The van der Waals surface area contributed by atoms with E-state index in [0.29, 0.717) is 53.9 Å². The van der Waals surface area contributed by atoms with Crippen molar-refractivity contribution < 1.29 is 28.3 Å². The summed E-state index contributed by atoms with van der Waals surface area (Å²) in [5.74, 6) is -1.43. The summed E-state index contributed by atoms with van der Waals surface area (Å²) in [7, 11) is 0. The van der Waals surface area contributed by atoms with Gasteiger partial charge in [0.2, 0.25) is 11.8 Å². The number of halogens is 2. The van der Waals surface area contributed by atoms with E-state index in [1.54, 1.807) is 52.0 Å². The van der Waals surface area contributed by atoms with Crippen molar-refractivity contribution in [3.63, 3.8) is 0 Å². The van der Waals surface area contributed by atoms with Crippen LogP contribution in [0.3, 0.4) is 0 Å². The highest BCUT2D eigenvalue weighted by Crippen LogP contribution is 2.50. The van der Waals surface area contributed by atoms with E-state index in [9.17, 15) is 19.2 Å². The summed E-state index contributed by atoms with van der Waals surface area (Å²) in [6, 6.07) is 8.38. The van der Waals surface area contributed by atoms with Gasteiger partial charge in [-0.1, -0.05) is 35.3 Å². The van der Waals surface area contributed by atoms with Gasteiger partial charge in [-0.05, 0) is 62.4 Å². The summed E-state index contributed by atoms with van der Waals surface area (Å²) in [5.41, 5.74) is 0.310. The molecule has 2 saturated heterocycles. The number of nitrogens with zero attached hydrogens (tertiary/aromatic N) is 3. The maximum Gasteiger partial charge on any atom is 0.318 e. The number of likely N-dealkylation sites (tertiary alicyclic amines) is 1. The fourth-order valence-corrected chi connectivity index (χ4v) is 6.61. The molecule has 41 heavy (non-hydrogen) atoms. The van der Waals surface area contributed by atoms with Gasteiger partial charge in [0.25, 0.3) is 5.91 Å². The molecule has 2 fully saturated rings. The van der Waals surface area contributed by atoms with Gasteiger partial charge in [-0.2, -0.15) is 0 Å². The van der Waals surface area contributed by atoms with Crippen LogP contribution in [0.15, 0.2) is 52.8 Å². The Morgan fingerprint density at radius 2 is 1.85 bits per heavy atom. The molecule has 11 heteroatoms. The van der Waals surface area contributed by atoms with Gasteiger partial charge >= 0.3 is 5.97 Å². The minimum atomic E-state index is -1.01. The van der Waals surface area contributed by atoms with Gasteiger partial charge in [-0.25, -0.2) is 0 Å². The number of furan rings is 1. The molecule has 3 aliphatic rings. The highest BCUT2D eigenvalue weighted by atomic mass is 35.5. The summed E-state index contributed by atoms with van der Waals surface area (Å²) in [4.78, 5) is 58.6. The molecule has 0 radical (unpaired) electrons. The molecule has 218 valence electrons. The number of hydrogen-bond acceptors (Lipinski definition) is 6. The fourth-order valence-electron chi connectivity index (χ4n) is 6.15. The molecule has 2 aliphatic heterocycles. The summed E-state index contributed by atoms with van der Waals surface area (Å²) in [6.45, 7) is 3.57. The minimum Gasteiger partial charge on any atom is -0.465 e. The summed E-state index contributed by atoms with van der Waals surface area (Å²) >= 11 is 12.6. The molecule has 0 bridgehead atoms. The predicted molar refractivity (Wildman–Crippen MR) is 152 cm³/mol. The van der Waals surface area contributed by atoms with Crippen LogP contribution in [0.5, 0.6) is 0 Å². The van der Waals surface area contributed by atoms with E-state index in [4.69, 9.17) is 32.4 Å². The van der Waals surface area contributed by atoms with Crippen molar-refractivity contribution in [2.75, 3.05) is 32.8 Å². The second-order valence-corrected chi connectivity index (χ2v) is 11.5. The maximum absolute atomic E-state index is 14.0. The first kappa shape index (κ1) is 29.2. The van der Waals surface area contributed by atoms with Gasteiger partial charge in [0.1, 0.15) is 5.41 Å².